The Kier molecular flexibility index (Phi) is 8.78. The second-order valence-electron chi connectivity index (χ2n) is 10.5. The number of alkyl halides is 3. The van der Waals surface area contributed by atoms with E-state index < -0.39 is 23.8 Å². The molecule has 2 atom stereocenters. The Hall–Kier alpha value is -2.91. The normalized spacial score (nSPS) is 21.3. The number of aliphatic carboxylic acids is 1. The van der Waals surface area contributed by atoms with Crippen LogP contribution in [0, 0.1) is 5.92 Å². The molecule has 1 heterocycles. The van der Waals surface area contributed by atoms with Crippen molar-refractivity contribution >= 4 is 11.7 Å². The lowest BCUT2D eigenvalue weighted by Gasteiger charge is -2.37. The van der Waals surface area contributed by atoms with Gasteiger partial charge in [-0.05, 0) is 78.5 Å². The minimum Gasteiger partial charge on any atom is -0.481 e. The first-order chi connectivity index (χ1) is 18.0. The predicted octanol–water partition coefficient (Wildman–Crippen LogP) is 5.74. The second kappa shape index (κ2) is 11.9. The first-order valence-electron chi connectivity index (χ1n) is 13.2. The third kappa shape index (κ3) is 6.74. The summed E-state index contributed by atoms with van der Waals surface area (Å²) in [7, 11) is 0. The number of benzene rings is 2. The smallest absolute Gasteiger partial charge is 0.416 e. The number of oxime groups is 1. The Morgan fingerprint density at radius 1 is 1.13 bits per heavy atom. The van der Waals surface area contributed by atoms with Crippen LogP contribution in [0.25, 0.3) is 0 Å². The molecule has 0 amide bonds. The van der Waals surface area contributed by atoms with Gasteiger partial charge >= 0.3 is 12.1 Å². The van der Waals surface area contributed by atoms with Gasteiger partial charge in [0.2, 0.25) is 0 Å². The molecule has 206 valence electrons. The number of likely N-dealkylation sites (tertiary alicyclic amines) is 1. The van der Waals surface area contributed by atoms with Crippen molar-refractivity contribution in [1.29, 1.82) is 0 Å². The average Bonchev–Trinajstić information content (AvgIpc) is 2.85. The van der Waals surface area contributed by atoms with Crippen molar-refractivity contribution in [3.05, 3.63) is 69.8 Å². The van der Waals surface area contributed by atoms with Crippen molar-refractivity contribution < 1.29 is 33.0 Å². The molecule has 1 saturated heterocycles. The van der Waals surface area contributed by atoms with Gasteiger partial charge in [0.25, 0.3) is 0 Å². The fourth-order valence-electron chi connectivity index (χ4n) is 5.43. The van der Waals surface area contributed by atoms with Crippen molar-refractivity contribution in [3.63, 3.8) is 0 Å². The summed E-state index contributed by atoms with van der Waals surface area (Å²) in [6.07, 6.45) is -1.91. The molecule has 0 bridgehead atoms. The molecule has 2 fully saturated rings. The molecule has 6 nitrogen and oxygen atoms in total. The van der Waals surface area contributed by atoms with Crippen LogP contribution in [0.15, 0.2) is 41.6 Å². The molecule has 0 aromatic heterocycles. The van der Waals surface area contributed by atoms with E-state index in [1.54, 1.807) is 13.0 Å². The Bertz CT molecular complexity index is 1170. The van der Waals surface area contributed by atoms with E-state index in [-0.39, 0.29) is 24.0 Å². The molecule has 38 heavy (non-hydrogen) atoms. The van der Waals surface area contributed by atoms with E-state index >= 15 is 0 Å². The molecule has 2 aromatic carbocycles. The van der Waals surface area contributed by atoms with Gasteiger partial charge in [0.05, 0.1) is 23.3 Å². The number of aryl methyl sites for hydroxylation is 1. The van der Waals surface area contributed by atoms with Gasteiger partial charge in [0.15, 0.2) is 0 Å². The largest absolute Gasteiger partial charge is 0.481 e. The minimum atomic E-state index is -4.49. The van der Waals surface area contributed by atoms with E-state index in [0.717, 1.165) is 29.2 Å². The molecule has 1 saturated carbocycles. The highest BCUT2D eigenvalue weighted by molar-refractivity contribution is 5.98. The van der Waals surface area contributed by atoms with Crippen LogP contribution in [0.1, 0.15) is 78.8 Å². The molecule has 1 aliphatic carbocycles. The van der Waals surface area contributed by atoms with Crippen LogP contribution < -0.4 is 0 Å². The van der Waals surface area contributed by atoms with Gasteiger partial charge in [-0.3, -0.25) is 9.69 Å². The molecule has 2 N–H and O–H groups in total. The molecule has 0 radical (unpaired) electrons. The summed E-state index contributed by atoms with van der Waals surface area (Å²) in [6, 6.07) is 10.3. The van der Waals surface area contributed by atoms with Crippen LogP contribution in [0.2, 0.25) is 0 Å². The summed E-state index contributed by atoms with van der Waals surface area (Å²) in [5, 5.41) is 23.2. The molecule has 2 aromatic rings. The van der Waals surface area contributed by atoms with Crippen LogP contribution in [-0.2, 0) is 35.4 Å². The lowest BCUT2D eigenvalue weighted by molar-refractivity contribution is -0.147. The van der Waals surface area contributed by atoms with Gasteiger partial charge < -0.3 is 15.1 Å². The van der Waals surface area contributed by atoms with Crippen molar-refractivity contribution in [1.82, 2.24) is 4.90 Å². The first kappa shape index (κ1) is 28.1. The zero-order valence-corrected chi connectivity index (χ0v) is 21.8. The standard InChI is InChI=1S/C29H35F3N2O4/c1-3-20-12-21(8-9-23(20)14-34-15-24(16-34)28(36)37)18(2)33-38-17-19-7-10-26(27(11-19)29(30,31)32)22-5-4-6-25(35)13-22/h7-12,22,24-25,35H,3-6,13-17H2,1-2H3,(H,36,37)/b33-18+. The van der Waals surface area contributed by atoms with Crippen LogP contribution in [0.5, 0.6) is 0 Å². The third-order valence-electron chi connectivity index (χ3n) is 7.65. The van der Waals surface area contributed by atoms with Gasteiger partial charge in [-0.25, -0.2) is 0 Å². The fraction of sp³-hybridized carbons (Fsp3) is 0.517. The summed E-state index contributed by atoms with van der Waals surface area (Å²) in [4.78, 5) is 18.6. The van der Waals surface area contributed by atoms with E-state index in [2.05, 4.69) is 17.0 Å². The number of nitrogens with zero attached hydrogens (tertiary/aromatic N) is 2. The quantitative estimate of drug-likeness (QED) is 0.318. The summed E-state index contributed by atoms with van der Waals surface area (Å²) < 4.78 is 41.6. The van der Waals surface area contributed by atoms with Crippen LogP contribution >= 0.6 is 0 Å². The van der Waals surface area contributed by atoms with E-state index in [1.165, 1.54) is 6.07 Å². The SMILES string of the molecule is CCc1cc(/C(C)=N/OCc2ccc(C3CCCC(O)C3)c(C(F)(F)F)c2)ccc1CN1CC(C(=O)O)C1. The second-order valence-corrected chi connectivity index (χ2v) is 10.5. The number of halogens is 3. The van der Waals surface area contributed by atoms with Crippen molar-refractivity contribution in [3.8, 4) is 0 Å². The molecule has 2 unspecified atom stereocenters. The number of carboxylic acid groups (broad SMARTS) is 1. The molecular weight excluding hydrogens is 497 g/mol. The number of carboxylic acids is 1. The first-order valence-corrected chi connectivity index (χ1v) is 13.2. The monoisotopic (exact) mass is 532 g/mol. The van der Waals surface area contributed by atoms with Gasteiger partial charge in [-0.15, -0.1) is 0 Å². The Morgan fingerprint density at radius 3 is 2.55 bits per heavy atom. The van der Waals surface area contributed by atoms with Gasteiger partial charge in [-0.2, -0.15) is 13.2 Å². The summed E-state index contributed by atoms with van der Waals surface area (Å²) in [5.74, 6) is -1.36. The molecule has 1 aliphatic heterocycles. The fourth-order valence-corrected chi connectivity index (χ4v) is 5.43. The number of aliphatic hydroxyl groups excluding tert-OH is 1. The van der Waals surface area contributed by atoms with E-state index in [1.807, 2.05) is 18.2 Å². The highest BCUT2D eigenvalue weighted by atomic mass is 19.4. The average molecular weight is 533 g/mol. The minimum absolute atomic E-state index is 0.0909. The maximum absolute atomic E-state index is 13.9. The Morgan fingerprint density at radius 2 is 1.89 bits per heavy atom. The summed E-state index contributed by atoms with van der Waals surface area (Å²) in [5.41, 5.74) is 3.70. The number of carbonyl (C=O) groups is 1. The van der Waals surface area contributed by atoms with Crippen LogP contribution in [-0.4, -0.2) is 46.0 Å². The van der Waals surface area contributed by atoms with E-state index in [4.69, 9.17) is 9.94 Å². The molecule has 0 spiro atoms. The molecule has 2 aliphatic rings. The molecular formula is C29H35F3N2O4. The summed E-state index contributed by atoms with van der Waals surface area (Å²) in [6.45, 7) is 5.55. The van der Waals surface area contributed by atoms with Crippen molar-refractivity contribution in [2.45, 2.75) is 77.3 Å². The van der Waals surface area contributed by atoms with Crippen LogP contribution in [0.4, 0.5) is 13.2 Å². The van der Waals surface area contributed by atoms with Gasteiger partial charge in [0.1, 0.15) is 6.61 Å². The molecule has 9 heteroatoms. The maximum atomic E-state index is 13.9. The Balaban J connectivity index is 1.41. The number of hydrogen-bond donors (Lipinski definition) is 2. The number of hydrogen-bond acceptors (Lipinski definition) is 5. The number of aliphatic hydroxyl groups is 1. The van der Waals surface area contributed by atoms with Crippen molar-refractivity contribution in [2.24, 2.45) is 11.1 Å². The van der Waals surface area contributed by atoms with E-state index in [0.29, 0.717) is 56.6 Å². The van der Waals surface area contributed by atoms with Crippen molar-refractivity contribution in [2.75, 3.05) is 13.1 Å². The topological polar surface area (TPSA) is 82.4 Å². The third-order valence-corrected chi connectivity index (χ3v) is 7.65. The maximum Gasteiger partial charge on any atom is 0.416 e. The van der Waals surface area contributed by atoms with Gasteiger partial charge in [0, 0.05) is 19.6 Å². The van der Waals surface area contributed by atoms with Gasteiger partial charge in [-0.1, -0.05) is 42.8 Å². The zero-order chi connectivity index (χ0) is 27.4. The van der Waals surface area contributed by atoms with E-state index in [9.17, 15) is 23.1 Å². The zero-order valence-electron chi connectivity index (χ0n) is 21.8. The highest BCUT2D eigenvalue weighted by Gasteiger charge is 2.36. The summed E-state index contributed by atoms with van der Waals surface area (Å²) >= 11 is 0. The van der Waals surface area contributed by atoms with Crippen LogP contribution in [0.3, 0.4) is 0 Å². The highest BCUT2D eigenvalue weighted by Crippen LogP contribution is 2.41. The Labute approximate surface area is 221 Å². The lowest BCUT2D eigenvalue weighted by Crippen LogP contribution is -2.49. The number of rotatable bonds is 9. The lowest BCUT2D eigenvalue weighted by atomic mass is 9.80. The molecule has 4 rings (SSSR count). The predicted molar refractivity (Wildman–Crippen MR) is 138 cm³/mol.